The summed E-state index contributed by atoms with van der Waals surface area (Å²) in [4.78, 5) is 4.69. The summed E-state index contributed by atoms with van der Waals surface area (Å²) in [5.74, 6) is -0.101. The first-order valence-electron chi connectivity index (χ1n) is 7.11. The zero-order valence-corrected chi connectivity index (χ0v) is 11.7. The molecule has 0 atom stereocenters. The number of piperazine rings is 1. The molecule has 106 valence electrons. The second-order valence-electron chi connectivity index (χ2n) is 5.27. The van der Waals surface area contributed by atoms with Crippen LogP contribution in [0.25, 0.3) is 0 Å². The molecule has 1 aromatic rings. The van der Waals surface area contributed by atoms with Crippen molar-refractivity contribution < 1.29 is 4.39 Å². The number of benzene rings is 1. The minimum Gasteiger partial charge on any atom is -0.314 e. The Morgan fingerprint density at radius 2 is 2.00 bits per heavy atom. The fourth-order valence-electron chi connectivity index (χ4n) is 2.50. The van der Waals surface area contributed by atoms with E-state index < -0.39 is 0 Å². The Balaban J connectivity index is 1.67. The summed E-state index contributed by atoms with van der Waals surface area (Å²) in [6.07, 6.45) is 1.14. The van der Waals surface area contributed by atoms with Gasteiger partial charge in [0.15, 0.2) is 0 Å². The molecule has 0 aromatic heterocycles. The maximum atomic E-state index is 13.5. The Kier molecular flexibility index (Phi) is 5.76. The summed E-state index contributed by atoms with van der Waals surface area (Å²) in [7, 11) is 2.06. The highest BCUT2D eigenvalue weighted by molar-refractivity contribution is 5.16. The molecule has 1 heterocycles. The number of hydrogen-bond donors (Lipinski definition) is 1. The second-order valence-corrected chi connectivity index (χ2v) is 5.27. The highest BCUT2D eigenvalue weighted by Crippen LogP contribution is 2.09. The molecule has 1 aliphatic heterocycles. The van der Waals surface area contributed by atoms with Gasteiger partial charge in [0.2, 0.25) is 0 Å². The highest BCUT2D eigenvalue weighted by Gasteiger charge is 2.09. The third kappa shape index (κ3) is 4.90. The van der Waals surface area contributed by atoms with E-state index in [9.17, 15) is 4.39 Å². The summed E-state index contributed by atoms with van der Waals surface area (Å²) in [6, 6.07) is 7.03. The minimum absolute atomic E-state index is 0.101. The molecule has 0 aliphatic carbocycles. The van der Waals surface area contributed by atoms with Gasteiger partial charge in [-0.25, -0.2) is 4.39 Å². The van der Waals surface area contributed by atoms with E-state index in [0.29, 0.717) is 6.54 Å². The van der Waals surface area contributed by atoms with Crippen molar-refractivity contribution in [3.63, 3.8) is 0 Å². The molecule has 1 fully saturated rings. The van der Waals surface area contributed by atoms with Crippen molar-refractivity contribution >= 4 is 0 Å². The van der Waals surface area contributed by atoms with E-state index in [1.807, 2.05) is 12.1 Å². The molecule has 0 spiro atoms. The normalized spacial score (nSPS) is 17.0. The first-order valence-corrected chi connectivity index (χ1v) is 7.11. The van der Waals surface area contributed by atoms with Crippen LogP contribution in [-0.4, -0.2) is 56.1 Å². The number of halogens is 1. The van der Waals surface area contributed by atoms with Crippen LogP contribution >= 0.6 is 0 Å². The fraction of sp³-hybridized carbons (Fsp3) is 0.600. The Morgan fingerprint density at radius 1 is 1.26 bits per heavy atom. The third-order valence-electron chi connectivity index (χ3n) is 3.62. The quantitative estimate of drug-likeness (QED) is 0.842. The van der Waals surface area contributed by atoms with Gasteiger partial charge < -0.3 is 15.1 Å². The van der Waals surface area contributed by atoms with Crippen molar-refractivity contribution in [1.29, 1.82) is 0 Å². The van der Waals surface area contributed by atoms with Crippen molar-refractivity contribution in [2.24, 2.45) is 0 Å². The van der Waals surface area contributed by atoms with Crippen LogP contribution in [0.4, 0.5) is 4.39 Å². The summed E-state index contributed by atoms with van der Waals surface area (Å²) < 4.78 is 13.5. The smallest absolute Gasteiger partial charge is 0.127 e. The molecule has 0 amide bonds. The zero-order chi connectivity index (χ0) is 13.5. The van der Waals surface area contributed by atoms with E-state index in [4.69, 9.17) is 0 Å². The summed E-state index contributed by atoms with van der Waals surface area (Å²) >= 11 is 0. The molecule has 0 bridgehead atoms. The lowest BCUT2D eigenvalue weighted by molar-refractivity contribution is 0.219. The van der Waals surface area contributed by atoms with Gasteiger partial charge in [-0.3, -0.25) is 0 Å². The molecule has 1 aromatic carbocycles. The molecule has 0 unspecified atom stereocenters. The van der Waals surface area contributed by atoms with Gasteiger partial charge in [-0.05, 0) is 32.6 Å². The van der Waals surface area contributed by atoms with Gasteiger partial charge in [0, 0.05) is 38.3 Å². The average Bonchev–Trinajstić information content (AvgIpc) is 2.43. The van der Waals surface area contributed by atoms with Crippen LogP contribution in [0, 0.1) is 5.82 Å². The summed E-state index contributed by atoms with van der Waals surface area (Å²) in [5, 5.41) is 3.36. The minimum atomic E-state index is -0.101. The summed E-state index contributed by atoms with van der Waals surface area (Å²) in [5.41, 5.74) is 0.784. The molecule has 1 saturated heterocycles. The van der Waals surface area contributed by atoms with E-state index in [2.05, 4.69) is 22.2 Å². The van der Waals surface area contributed by atoms with Crippen molar-refractivity contribution in [3.8, 4) is 0 Å². The third-order valence-corrected chi connectivity index (χ3v) is 3.62. The lowest BCUT2D eigenvalue weighted by Crippen LogP contribution is -2.44. The molecule has 3 nitrogen and oxygen atoms in total. The number of hydrogen-bond acceptors (Lipinski definition) is 3. The molecule has 19 heavy (non-hydrogen) atoms. The molecule has 4 heteroatoms. The number of rotatable bonds is 6. The SMILES string of the molecule is CN(CCCN1CCNCC1)Cc1ccccc1F. The molecule has 0 radical (unpaired) electrons. The maximum absolute atomic E-state index is 13.5. The Labute approximate surface area is 115 Å². The molecule has 0 saturated carbocycles. The van der Waals surface area contributed by atoms with Crippen molar-refractivity contribution in [1.82, 2.24) is 15.1 Å². The van der Waals surface area contributed by atoms with Crippen molar-refractivity contribution in [2.75, 3.05) is 46.3 Å². The Hall–Kier alpha value is -0.970. The fourth-order valence-corrected chi connectivity index (χ4v) is 2.50. The second kappa shape index (κ2) is 7.58. The van der Waals surface area contributed by atoms with Gasteiger partial charge >= 0.3 is 0 Å². The Morgan fingerprint density at radius 3 is 2.74 bits per heavy atom. The first-order chi connectivity index (χ1) is 9.25. The van der Waals surface area contributed by atoms with Crippen LogP contribution < -0.4 is 5.32 Å². The topological polar surface area (TPSA) is 18.5 Å². The molecular formula is C15H24FN3. The molecule has 2 rings (SSSR count). The lowest BCUT2D eigenvalue weighted by atomic mass is 10.2. The van der Waals surface area contributed by atoms with E-state index in [1.165, 1.54) is 6.07 Å². The van der Waals surface area contributed by atoms with Crippen molar-refractivity contribution in [2.45, 2.75) is 13.0 Å². The number of nitrogens with one attached hydrogen (secondary N) is 1. The van der Waals surface area contributed by atoms with Gasteiger partial charge in [-0.1, -0.05) is 18.2 Å². The van der Waals surface area contributed by atoms with E-state index >= 15 is 0 Å². The van der Waals surface area contributed by atoms with E-state index in [0.717, 1.165) is 51.3 Å². The predicted octanol–water partition coefficient (Wildman–Crippen LogP) is 1.55. The van der Waals surface area contributed by atoms with Gasteiger partial charge in [0.05, 0.1) is 0 Å². The maximum Gasteiger partial charge on any atom is 0.127 e. The standard InChI is InChI=1S/C15H24FN3/c1-18(13-14-5-2-3-6-15(14)16)9-4-10-19-11-7-17-8-12-19/h2-3,5-6,17H,4,7-13H2,1H3. The van der Waals surface area contributed by atoms with E-state index in [1.54, 1.807) is 6.07 Å². The van der Waals surface area contributed by atoms with Gasteiger partial charge in [0.25, 0.3) is 0 Å². The number of nitrogens with zero attached hydrogens (tertiary/aromatic N) is 2. The average molecular weight is 265 g/mol. The highest BCUT2D eigenvalue weighted by atomic mass is 19.1. The van der Waals surface area contributed by atoms with Crippen LogP contribution in [0.3, 0.4) is 0 Å². The first kappa shape index (κ1) is 14.4. The van der Waals surface area contributed by atoms with Crippen LogP contribution in [0.15, 0.2) is 24.3 Å². The summed E-state index contributed by atoms with van der Waals surface area (Å²) in [6.45, 7) is 7.35. The van der Waals surface area contributed by atoms with Crippen LogP contribution in [0.5, 0.6) is 0 Å². The predicted molar refractivity (Wildman–Crippen MR) is 76.7 cm³/mol. The Bertz CT molecular complexity index is 377. The van der Waals surface area contributed by atoms with Crippen LogP contribution in [-0.2, 0) is 6.54 Å². The van der Waals surface area contributed by atoms with Crippen LogP contribution in [0.1, 0.15) is 12.0 Å². The largest absolute Gasteiger partial charge is 0.314 e. The molecule has 1 N–H and O–H groups in total. The van der Waals surface area contributed by atoms with Gasteiger partial charge in [-0.2, -0.15) is 0 Å². The van der Waals surface area contributed by atoms with E-state index in [-0.39, 0.29) is 5.82 Å². The monoisotopic (exact) mass is 265 g/mol. The molecular weight excluding hydrogens is 241 g/mol. The van der Waals surface area contributed by atoms with Gasteiger partial charge in [0.1, 0.15) is 5.82 Å². The molecule has 1 aliphatic rings. The van der Waals surface area contributed by atoms with Crippen LogP contribution in [0.2, 0.25) is 0 Å². The van der Waals surface area contributed by atoms with Crippen molar-refractivity contribution in [3.05, 3.63) is 35.6 Å². The zero-order valence-electron chi connectivity index (χ0n) is 11.7. The van der Waals surface area contributed by atoms with Gasteiger partial charge in [-0.15, -0.1) is 0 Å². The lowest BCUT2D eigenvalue weighted by Gasteiger charge is -2.28.